The molecule has 0 bridgehead atoms. The second kappa shape index (κ2) is 8.82. The first-order valence-corrected chi connectivity index (χ1v) is 11.7. The van der Waals surface area contributed by atoms with E-state index < -0.39 is 51.5 Å². The summed E-state index contributed by atoms with van der Waals surface area (Å²) in [7, 11) is -2.71. The first-order valence-electron chi connectivity index (χ1n) is 9.86. The Hall–Kier alpha value is -2.86. The molecule has 2 aromatic heterocycles. The van der Waals surface area contributed by atoms with E-state index in [0.29, 0.717) is 5.69 Å². The summed E-state index contributed by atoms with van der Waals surface area (Å²) in [5.41, 5.74) is 0.546. The van der Waals surface area contributed by atoms with Crippen LogP contribution in [0.15, 0.2) is 47.9 Å². The fourth-order valence-electron chi connectivity index (χ4n) is 3.81. The average molecular weight is 502 g/mol. The van der Waals surface area contributed by atoms with E-state index >= 15 is 0 Å². The van der Waals surface area contributed by atoms with Gasteiger partial charge in [0.05, 0.1) is 5.02 Å². The average Bonchev–Trinajstić information content (AvgIpc) is 3.17. The predicted molar refractivity (Wildman–Crippen MR) is 113 cm³/mol. The molecule has 0 spiro atoms. The van der Waals surface area contributed by atoms with E-state index in [9.17, 15) is 21.6 Å². The molecule has 3 aromatic rings. The lowest BCUT2D eigenvalue weighted by Gasteiger charge is -2.36. The summed E-state index contributed by atoms with van der Waals surface area (Å²) < 4.78 is 77.8. The number of ether oxygens (including phenoxy) is 1. The Morgan fingerprint density at radius 1 is 1.27 bits per heavy atom. The Bertz CT molecular complexity index is 1260. The van der Waals surface area contributed by atoms with Crippen LogP contribution in [0, 0.1) is 5.82 Å². The summed E-state index contributed by atoms with van der Waals surface area (Å²) in [6.45, 7) is 0. The van der Waals surface area contributed by atoms with E-state index in [0.717, 1.165) is 18.5 Å². The summed E-state index contributed by atoms with van der Waals surface area (Å²) in [5, 5.41) is 3.85. The van der Waals surface area contributed by atoms with Crippen molar-refractivity contribution in [2.45, 2.75) is 42.1 Å². The largest absolute Gasteiger partial charge is 0.488 e. The molecule has 33 heavy (non-hydrogen) atoms. The van der Waals surface area contributed by atoms with Crippen LogP contribution in [0.3, 0.4) is 0 Å². The highest BCUT2D eigenvalue weighted by Crippen LogP contribution is 2.44. The van der Waals surface area contributed by atoms with Crippen LogP contribution in [0.1, 0.15) is 30.9 Å². The zero-order chi connectivity index (χ0) is 23.8. The number of sulfonamides is 1. The molecule has 4 rings (SSSR count). The topological polar surface area (TPSA) is 99.0 Å². The van der Waals surface area contributed by atoms with Crippen molar-refractivity contribution >= 4 is 27.4 Å². The summed E-state index contributed by atoms with van der Waals surface area (Å²) >= 11 is 6.21. The number of rotatable bonds is 6. The van der Waals surface area contributed by atoms with Gasteiger partial charge in [0.2, 0.25) is 5.92 Å². The molecule has 1 aliphatic carbocycles. The monoisotopic (exact) mass is 501 g/mol. The van der Waals surface area contributed by atoms with Crippen LogP contribution in [0.4, 0.5) is 19.0 Å². The molecule has 13 heteroatoms. The smallest absolute Gasteiger partial charge is 0.266 e. The molecule has 1 aromatic carbocycles. The van der Waals surface area contributed by atoms with E-state index in [4.69, 9.17) is 16.3 Å². The van der Waals surface area contributed by atoms with E-state index in [1.807, 2.05) is 0 Å². The van der Waals surface area contributed by atoms with Crippen molar-refractivity contribution in [3.8, 4) is 5.75 Å². The maximum absolute atomic E-state index is 14.8. The lowest BCUT2D eigenvalue weighted by Crippen LogP contribution is -2.38. The molecule has 1 saturated carbocycles. The van der Waals surface area contributed by atoms with Gasteiger partial charge in [-0.3, -0.25) is 9.40 Å². The number of hydrogen-bond donors (Lipinski definition) is 1. The third-order valence-corrected chi connectivity index (χ3v) is 7.04. The molecule has 0 amide bonds. The number of aromatic nitrogens is 4. The maximum Gasteiger partial charge on any atom is 0.266 e. The number of nitrogens with zero attached hydrogens (tertiary/aromatic N) is 4. The Balaban J connectivity index is 1.61. The van der Waals surface area contributed by atoms with Crippen LogP contribution < -0.4 is 9.46 Å². The molecule has 0 saturated heterocycles. The maximum atomic E-state index is 14.8. The van der Waals surface area contributed by atoms with Gasteiger partial charge in [-0.15, -0.1) is 0 Å². The minimum Gasteiger partial charge on any atom is -0.488 e. The van der Waals surface area contributed by atoms with Gasteiger partial charge >= 0.3 is 0 Å². The molecule has 0 radical (unpaired) electrons. The van der Waals surface area contributed by atoms with Crippen LogP contribution in [0.2, 0.25) is 5.02 Å². The van der Waals surface area contributed by atoms with E-state index in [2.05, 4.69) is 19.8 Å². The lowest BCUT2D eigenvalue weighted by atomic mass is 9.81. The summed E-state index contributed by atoms with van der Waals surface area (Å²) in [6.07, 6.45) is 2.33. The molecule has 1 N–H and O–H groups in total. The molecule has 0 aliphatic heterocycles. The molecule has 8 nitrogen and oxygen atoms in total. The van der Waals surface area contributed by atoms with Gasteiger partial charge in [-0.1, -0.05) is 11.6 Å². The minimum absolute atomic E-state index is 0.00386. The molecular formula is C20H19ClF3N5O3S. The van der Waals surface area contributed by atoms with Gasteiger partial charge in [0, 0.05) is 50.0 Å². The zero-order valence-electron chi connectivity index (χ0n) is 17.3. The predicted octanol–water partition coefficient (Wildman–Crippen LogP) is 4.15. The van der Waals surface area contributed by atoms with Crippen molar-refractivity contribution in [2.75, 3.05) is 4.72 Å². The summed E-state index contributed by atoms with van der Waals surface area (Å²) in [5.74, 6) is -4.91. The van der Waals surface area contributed by atoms with Gasteiger partial charge in [0.25, 0.3) is 10.0 Å². The zero-order valence-corrected chi connectivity index (χ0v) is 18.8. The fourth-order valence-corrected chi connectivity index (χ4v) is 5.17. The van der Waals surface area contributed by atoms with Crippen molar-refractivity contribution < 1.29 is 26.3 Å². The third kappa shape index (κ3) is 5.06. The molecule has 2 heterocycles. The lowest BCUT2D eigenvalue weighted by molar-refractivity contribution is -0.0697. The molecule has 176 valence electrons. The number of benzene rings is 1. The highest BCUT2D eigenvalue weighted by Gasteiger charge is 2.44. The van der Waals surface area contributed by atoms with E-state index in [1.54, 1.807) is 13.1 Å². The van der Waals surface area contributed by atoms with Crippen molar-refractivity contribution in [2.24, 2.45) is 7.05 Å². The molecule has 1 aliphatic rings. The second-order valence-corrected chi connectivity index (χ2v) is 9.71. The van der Waals surface area contributed by atoms with Crippen molar-refractivity contribution in [1.82, 2.24) is 19.7 Å². The molecular weight excluding hydrogens is 483 g/mol. The van der Waals surface area contributed by atoms with Crippen molar-refractivity contribution in [1.29, 1.82) is 0 Å². The minimum atomic E-state index is -4.35. The Kier molecular flexibility index (Phi) is 6.23. The summed E-state index contributed by atoms with van der Waals surface area (Å²) in [6, 6.07) is 4.67. The van der Waals surface area contributed by atoms with Gasteiger partial charge < -0.3 is 4.74 Å². The van der Waals surface area contributed by atoms with Gasteiger partial charge in [-0.2, -0.15) is 5.10 Å². The Morgan fingerprint density at radius 3 is 2.73 bits per heavy atom. The van der Waals surface area contributed by atoms with Crippen LogP contribution in [0.25, 0.3) is 0 Å². The number of halogens is 4. The molecule has 1 fully saturated rings. The van der Waals surface area contributed by atoms with Crippen molar-refractivity contribution in [3.05, 3.63) is 59.5 Å². The highest BCUT2D eigenvalue weighted by molar-refractivity contribution is 7.92. The quantitative estimate of drug-likeness (QED) is 0.544. The highest BCUT2D eigenvalue weighted by atomic mass is 35.5. The standard InChI is InChI=1S/C20H19ClF3N5O3S/c1-29-15(3-7-27-29)12-10-20(23,24)5-2-16(12)32-17-9-14(22)18(8-13(17)21)33(30,31)28-19-4-6-25-11-26-19/h3-4,6-9,11-12,16H,2,5,10H2,1H3,(H,25,26,28)/t12-,16+/m1/s1. The van der Waals surface area contributed by atoms with Crippen LogP contribution in [-0.4, -0.2) is 40.2 Å². The molecule has 0 unspecified atom stereocenters. The van der Waals surface area contributed by atoms with Gasteiger partial charge in [-0.25, -0.2) is 31.6 Å². The van der Waals surface area contributed by atoms with Gasteiger partial charge in [0.1, 0.15) is 34.7 Å². The number of hydrogen-bond acceptors (Lipinski definition) is 6. The summed E-state index contributed by atoms with van der Waals surface area (Å²) in [4.78, 5) is 6.70. The third-order valence-electron chi connectivity index (χ3n) is 5.38. The Labute approximate surface area is 192 Å². The van der Waals surface area contributed by atoms with Gasteiger partial charge in [-0.05, 0) is 24.6 Å². The number of nitrogens with one attached hydrogen (secondary N) is 1. The second-order valence-electron chi connectivity index (χ2n) is 7.65. The van der Waals surface area contributed by atoms with Crippen LogP contribution in [-0.2, 0) is 17.1 Å². The molecule has 2 atom stereocenters. The Morgan fingerprint density at radius 2 is 2.06 bits per heavy atom. The normalized spacial score (nSPS) is 20.4. The number of aryl methyl sites for hydroxylation is 1. The van der Waals surface area contributed by atoms with Crippen molar-refractivity contribution in [3.63, 3.8) is 0 Å². The van der Waals surface area contributed by atoms with Crippen LogP contribution >= 0.6 is 11.6 Å². The number of alkyl halides is 2. The SMILES string of the molecule is Cn1nccc1[C@H]1CC(F)(F)CC[C@@H]1Oc1cc(F)c(S(=O)(=O)Nc2ccncn2)cc1Cl. The van der Waals surface area contributed by atoms with Gasteiger partial charge in [0.15, 0.2) is 0 Å². The number of anilines is 1. The van der Waals surface area contributed by atoms with E-state index in [-0.39, 0.29) is 23.0 Å². The fraction of sp³-hybridized carbons (Fsp3) is 0.350. The van der Waals surface area contributed by atoms with Crippen LogP contribution in [0.5, 0.6) is 5.75 Å². The first kappa shape index (κ1) is 23.3. The van der Waals surface area contributed by atoms with E-state index in [1.165, 1.54) is 23.1 Å². The first-order chi connectivity index (χ1) is 15.6.